The van der Waals surface area contributed by atoms with E-state index < -0.39 is 46.2 Å². The summed E-state index contributed by atoms with van der Waals surface area (Å²) in [5, 5.41) is 2.91. The van der Waals surface area contributed by atoms with Gasteiger partial charge in [-0.15, -0.1) is 0 Å². The molecule has 1 atom stereocenters. The van der Waals surface area contributed by atoms with Gasteiger partial charge in [-0.05, 0) is 42.0 Å². The van der Waals surface area contributed by atoms with Gasteiger partial charge in [0.25, 0.3) is 0 Å². The maximum absolute atomic E-state index is 14.6. The minimum Gasteiger partial charge on any atom is -0.497 e. The molecule has 38 heavy (non-hydrogen) atoms. The lowest BCUT2D eigenvalue weighted by atomic mass is 10.2. The summed E-state index contributed by atoms with van der Waals surface area (Å²) in [6, 6.07) is 20.5. The van der Waals surface area contributed by atoms with Crippen molar-refractivity contribution in [1.82, 2.24) is 5.09 Å². The van der Waals surface area contributed by atoms with Gasteiger partial charge >= 0.3 is 19.9 Å². The van der Waals surface area contributed by atoms with Crippen LogP contribution in [0, 0.1) is 0 Å². The fraction of sp³-hybridized carbons (Fsp3) is 0.250. The Morgan fingerprint density at radius 1 is 0.711 bits per heavy atom. The van der Waals surface area contributed by atoms with Crippen LogP contribution in [0.1, 0.15) is 11.3 Å². The number of ether oxygens (including phenoxy) is 1. The summed E-state index contributed by atoms with van der Waals surface area (Å²) in [6.07, 6.45) is -10.1. The minimum atomic E-state index is -5.37. The van der Waals surface area contributed by atoms with Gasteiger partial charge in [0.2, 0.25) is 7.29 Å². The quantitative estimate of drug-likeness (QED) is 0.204. The molecule has 14 heteroatoms. The van der Waals surface area contributed by atoms with E-state index in [1.807, 2.05) is 0 Å². The molecule has 3 aromatic rings. The van der Waals surface area contributed by atoms with Crippen LogP contribution in [-0.2, 0) is 18.2 Å². The average molecular weight is 581 g/mol. The lowest BCUT2D eigenvalue weighted by Crippen LogP contribution is -2.32. The Morgan fingerprint density at radius 2 is 1.13 bits per heavy atom. The summed E-state index contributed by atoms with van der Waals surface area (Å²) in [4.78, 5) is 0. The van der Waals surface area contributed by atoms with Crippen molar-refractivity contribution in [2.45, 2.75) is 18.1 Å². The van der Waals surface area contributed by atoms with Crippen LogP contribution >= 0.6 is 14.9 Å². The lowest BCUT2D eigenvalue weighted by molar-refractivity contribution is -0.165. The van der Waals surface area contributed by atoms with E-state index in [1.54, 1.807) is 36.4 Å². The van der Waals surface area contributed by atoms with Crippen molar-refractivity contribution in [3.8, 4) is 5.75 Å². The third-order valence-corrected chi connectivity index (χ3v) is 10.0. The Bertz CT molecular complexity index is 1210. The number of hydrogen-bond donors (Lipinski definition) is 1. The zero-order chi connectivity index (χ0) is 28.0. The second-order valence-corrected chi connectivity index (χ2v) is 12.5. The first-order chi connectivity index (χ1) is 17.8. The molecule has 0 aromatic heterocycles. The molecule has 0 fully saturated rings. The zero-order valence-electron chi connectivity index (χ0n) is 19.8. The first kappa shape index (κ1) is 29.9. The minimum absolute atomic E-state index is 0.106. The van der Waals surface area contributed by atoms with Crippen LogP contribution < -0.4 is 20.4 Å². The van der Waals surface area contributed by atoms with Gasteiger partial charge in [0.05, 0.1) is 7.11 Å². The van der Waals surface area contributed by atoms with Crippen LogP contribution in [0.25, 0.3) is 0 Å². The fourth-order valence-corrected chi connectivity index (χ4v) is 8.26. The summed E-state index contributed by atoms with van der Waals surface area (Å²) in [5.41, 5.74) is -0.106. The van der Waals surface area contributed by atoms with Crippen molar-refractivity contribution in [2.24, 2.45) is 0 Å². The predicted molar refractivity (Wildman–Crippen MR) is 130 cm³/mol. The van der Waals surface area contributed by atoms with Crippen LogP contribution in [-0.4, -0.2) is 32.7 Å². The number of nitrogens with one attached hydrogen (secondary N) is 1. The number of alkyl halides is 6. The Labute approximate surface area is 214 Å². The maximum atomic E-state index is 14.6. The van der Waals surface area contributed by atoms with Crippen LogP contribution in [0.4, 0.5) is 26.3 Å². The maximum Gasteiger partial charge on any atom is 0.412 e. The molecule has 0 radical (unpaired) electrons. The fourth-order valence-electron chi connectivity index (χ4n) is 3.37. The molecule has 0 saturated heterocycles. The molecule has 0 amide bonds. The summed E-state index contributed by atoms with van der Waals surface area (Å²) >= 11 is 0. The van der Waals surface area contributed by atoms with Crippen LogP contribution in [0.15, 0.2) is 84.9 Å². The summed E-state index contributed by atoms with van der Waals surface area (Å²) in [6.45, 7) is -4.34. The van der Waals surface area contributed by atoms with E-state index in [4.69, 9.17) is 4.74 Å². The molecule has 0 bridgehead atoms. The van der Waals surface area contributed by atoms with Gasteiger partial charge in [-0.2, -0.15) is 26.3 Å². The van der Waals surface area contributed by atoms with Crippen molar-refractivity contribution in [2.75, 3.05) is 20.3 Å². The second-order valence-electron chi connectivity index (χ2n) is 7.90. The molecule has 3 rings (SSSR count). The largest absolute Gasteiger partial charge is 0.497 e. The van der Waals surface area contributed by atoms with E-state index in [1.165, 1.54) is 55.6 Å². The molecule has 1 N–H and O–H groups in total. The van der Waals surface area contributed by atoms with E-state index in [9.17, 15) is 35.5 Å². The first-order valence-electron chi connectivity index (χ1n) is 10.9. The normalized spacial score (nSPS) is 13.8. The van der Waals surface area contributed by atoms with Gasteiger partial charge in [0, 0.05) is 10.6 Å². The highest BCUT2D eigenvalue weighted by Gasteiger charge is 2.47. The average Bonchev–Trinajstić information content (AvgIpc) is 2.89. The van der Waals surface area contributed by atoms with Crippen LogP contribution in [0.5, 0.6) is 5.75 Å². The summed E-state index contributed by atoms with van der Waals surface area (Å²) in [5.74, 6) is -1.71. The molecular weight excluding hydrogens is 558 g/mol. The van der Waals surface area contributed by atoms with Gasteiger partial charge in [-0.3, -0.25) is 18.2 Å². The number of methoxy groups -OCH3 is 1. The Balaban J connectivity index is 2.20. The van der Waals surface area contributed by atoms with E-state index in [0.29, 0.717) is 5.75 Å². The molecule has 0 aliphatic carbocycles. The van der Waals surface area contributed by atoms with E-state index in [2.05, 4.69) is 14.1 Å². The van der Waals surface area contributed by atoms with Crippen molar-refractivity contribution in [3.63, 3.8) is 0 Å². The third kappa shape index (κ3) is 7.94. The van der Waals surface area contributed by atoms with Gasteiger partial charge in [-0.25, -0.2) is 5.09 Å². The lowest BCUT2D eigenvalue weighted by Gasteiger charge is -2.32. The SMILES string of the molecule is COc1ccc([C@H](NP(=O)(c2ccccc2)c2ccccc2)P(=O)(OCC(F)(F)F)OCC(F)(F)F)cc1. The molecular formula is C24H23F6NO5P2. The molecule has 0 spiro atoms. The second kappa shape index (κ2) is 12.1. The summed E-state index contributed by atoms with van der Waals surface area (Å²) < 4.78 is 121. The summed E-state index contributed by atoms with van der Waals surface area (Å²) in [7, 11) is -8.09. The standard InChI is InChI=1S/C24H23F6NO5P2/c1-34-19-14-12-18(13-15-19)22(38(33,35-16-23(25,26)27)36-17-24(28,29)30)31-37(32,20-8-4-2-5-9-20)21-10-6-3-7-11-21/h2-15,22H,16-17H2,1H3,(H,31,32)/t22-/m1/s1. The molecule has 0 saturated carbocycles. The smallest absolute Gasteiger partial charge is 0.412 e. The third-order valence-electron chi connectivity index (χ3n) is 5.11. The van der Waals surface area contributed by atoms with Crippen molar-refractivity contribution < 1.29 is 49.3 Å². The highest BCUT2D eigenvalue weighted by Crippen LogP contribution is 2.63. The van der Waals surface area contributed by atoms with Gasteiger partial charge in [-0.1, -0.05) is 48.5 Å². The molecule has 0 aliphatic heterocycles. The number of rotatable bonds is 11. The molecule has 0 heterocycles. The van der Waals surface area contributed by atoms with E-state index in [0.717, 1.165) is 0 Å². The highest BCUT2D eigenvalue weighted by atomic mass is 31.2. The number of benzene rings is 3. The Hall–Kier alpha value is -2.62. The van der Waals surface area contributed by atoms with Crippen molar-refractivity contribution in [3.05, 3.63) is 90.5 Å². The molecule has 0 aliphatic rings. The first-order valence-corrected chi connectivity index (χ1v) is 14.2. The van der Waals surface area contributed by atoms with Crippen LogP contribution in [0.3, 0.4) is 0 Å². The monoisotopic (exact) mass is 581 g/mol. The zero-order valence-corrected chi connectivity index (χ0v) is 21.6. The predicted octanol–water partition coefficient (Wildman–Crippen LogP) is 6.56. The van der Waals surface area contributed by atoms with Gasteiger partial charge in [0.15, 0.2) is 13.2 Å². The molecule has 206 valence electrons. The Morgan fingerprint density at radius 3 is 1.50 bits per heavy atom. The van der Waals surface area contributed by atoms with E-state index in [-0.39, 0.29) is 16.2 Å². The van der Waals surface area contributed by atoms with Gasteiger partial charge < -0.3 is 4.74 Å². The van der Waals surface area contributed by atoms with Crippen LogP contribution in [0.2, 0.25) is 0 Å². The Kier molecular flexibility index (Phi) is 9.49. The van der Waals surface area contributed by atoms with Crippen molar-refractivity contribution in [1.29, 1.82) is 0 Å². The topological polar surface area (TPSA) is 73.9 Å². The highest BCUT2D eigenvalue weighted by molar-refractivity contribution is 7.77. The van der Waals surface area contributed by atoms with E-state index >= 15 is 0 Å². The number of halogens is 6. The number of hydrogen-bond acceptors (Lipinski definition) is 5. The molecule has 3 aromatic carbocycles. The molecule has 0 unspecified atom stereocenters. The van der Waals surface area contributed by atoms with Gasteiger partial charge in [0.1, 0.15) is 11.5 Å². The molecule has 6 nitrogen and oxygen atoms in total. The van der Waals surface area contributed by atoms with Crippen molar-refractivity contribution >= 4 is 25.5 Å².